The number of hydrogen-bond donors (Lipinski definition) is 1. The monoisotopic (exact) mass is 321 g/mol. The van der Waals surface area contributed by atoms with E-state index in [1.807, 2.05) is 0 Å². The Morgan fingerprint density at radius 1 is 1.32 bits per heavy atom. The largest absolute Gasteiger partial charge is 0.360 e. The normalized spacial score (nSPS) is 10.3. The van der Waals surface area contributed by atoms with Crippen molar-refractivity contribution in [2.24, 2.45) is 0 Å². The van der Waals surface area contributed by atoms with Crippen molar-refractivity contribution >= 4 is 34.9 Å². The summed E-state index contributed by atoms with van der Waals surface area (Å²) in [7, 11) is 0. The topological polar surface area (TPSA) is 75.4 Å². The third kappa shape index (κ3) is 4.33. The first-order valence-electron chi connectivity index (χ1n) is 6.72. The number of halogens is 1. The zero-order valence-corrected chi connectivity index (χ0v) is 13.1. The highest BCUT2D eigenvalue weighted by Gasteiger charge is 2.14. The van der Waals surface area contributed by atoms with Crippen LogP contribution in [0.1, 0.15) is 19.1 Å². The predicted octanol–water partition coefficient (Wildman–Crippen LogP) is 3.02. The van der Waals surface area contributed by atoms with E-state index in [9.17, 15) is 9.59 Å². The molecule has 22 heavy (non-hydrogen) atoms. The molecule has 0 aliphatic rings. The second-order valence-electron chi connectivity index (χ2n) is 4.77. The number of benzene rings is 1. The highest BCUT2D eigenvalue weighted by atomic mass is 35.5. The molecule has 2 amide bonds. The quantitative estimate of drug-likeness (QED) is 0.918. The van der Waals surface area contributed by atoms with Gasteiger partial charge < -0.3 is 14.7 Å². The molecule has 2 aromatic rings. The van der Waals surface area contributed by atoms with Crippen molar-refractivity contribution in [2.75, 3.05) is 16.8 Å². The third-order valence-corrected chi connectivity index (χ3v) is 3.23. The molecule has 0 saturated carbocycles. The van der Waals surface area contributed by atoms with Crippen LogP contribution in [-0.2, 0) is 9.59 Å². The van der Waals surface area contributed by atoms with E-state index in [0.29, 0.717) is 22.3 Å². The van der Waals surface area contributed by atoms with Gasteiger partial charge in [-0.2, -0.15) is 0 Å². The Balaban J connectivity index is 1.95. The lowest BCUT2D eigenvalue weighted by Gasteiger charge is -2.20. The van der Waals surface area contributed by atoms with Gasteiger partial charge in [-0.25, -0.2) is 0 Å². The summed E-state index contributed by atoms with van der Waals surface area (Å²) in [6.45, 7) is 3.45. The number of amides is 2. The fourth-order valence-electron chi connectivity index (χ4n) is 1.93. The molecule has 116 valence electrons. The van der Waals surface area contributed by atoms with Gasteiger partial charge in [0.2, 0.25) is 11.8 Å². The Hall–Kier alpha value is -2.34. The smallest absolute Gasteiger partial charge is 0.227 e. The molecule has 0 spiro atoms. The molecule has 0 bridgehead atoms. The summed E-state index contributed by atoms with van der Waals surface area (Å²) in [6.07, 6.45) is 0.147. The lowest BCUT2D eigenvalue weighted by molar-refractivity contribution is -0.117. The maximum atomic E-state index is 11.9. The molecule has 7 heteroatoms. The number of carbonyl (C=O) groups is 2. The molecule has 0 radical (unpaired) electrons. The van der Waals surface area contributed by atoms with Gasteiger partial charge in [-0.3, -0.25) is 9.59 Å². The van der Waals surface area contributed by atoms with Crippen LogP contribution in [0.4, 0.5) is 11.5 Å². The summed E-state index contributed by atoms with van der Waals surface area (Å²) in [5.41, 5.74) is 0.696. The minimum Gasteiger partial charge on any atom is -0.360 e. The number of carbonyl (C=O) groups excluding carboxylic acids is 2. The number of anilines is 2. The van der Waals surface area contributed by atoms with Crippen molar-refractivity contribution in [1.29, 1.82) is 0 Å². The number of hydrogen-bond acceptors (Lipinski definition) is 4. The van der Waals surface area contributed by atoms with Gasteiger partial charge in [-0.1, -0.05) is 16.8 Å². The van der Waals surface area contributed by atoms with Crippen molar-refractivity contribution < 1.29 is 14.1 Å². The van der Waals surface area contributed by atoms with Crippen molar-refractivity contribution in [1.82, 2.24) is 5.16 Å². The predicted molar refractivity (Wildman–Crippen MR) is 84.0 cm³/mol. The van der Waals surface area contributed by atoms with Crippen LogP contribution in [0.5, 0.6) is 0 Å². The third-order valence-electron chi connectivity index (χ3n) is 2.98. The van der Waals surface area contributed by atoms with Crippen LogP contribution in [0.2, 0.25) is 5.02 Å². The minimum atomic E-state index is -0.242. The maximum absolute atomic E-state index is 11.9. The molecule has 1 N–H and O–H groups in total. The van der Waals surface area contributed by atoms with Gasteiger partial charge in [0.1, 0.15) is 5.76 Å². The molecular weight excluding hydrogens is 306 g/mol. The molecule has 0 aliphatic carbocycles. The Kier molecular flexibility index (Phi) is 5.16. The summed E-state index contributed by atoms with van der Waals surface area (Å²) in [6, 6.07) is 8.50. The van der Waals surface area contributed by atoms with Crippen molar-refractivity contribution in [3.63, 3.8) is 0 Å². The molecule has 6 nitrogen and oxygen atoms in total. The van der Waals surface area contributed by atoms with E-state index in [1.165, 1.54) is 11.8 Å². The lowest BCUT2D eigenvalue weighted by atomic mass is 10.2. The summed E-state index contributed by atoms with van der Waals surface area (Å²) in [5.74, 6) is 0.589. The second-order valence-corrected chi connectivity index (χ2v) is 5.20. The van der Waals surface area contributed by atoms with Crippen LogP contribution in [0.25, 0.3) is 0 Å². The number of aromatic nitrogens is 1. The van der Waals surface area contributed by atoms with Gasteiger partial charge in [-0.05, 0) is 31.2 Å². The lowest BCUT2D eigenvalue weighted by Crippen LogP contribution is -2.31. The summed E-state index contributed by atoms with van der Waals surface area (Å²) in [4.78, 5) is 25.1. The molecule has 1 heterocycles. The van der Waals surface area contributed by atoms with Gasteiger partial charge in [-0.15, -0.1) is 0 Å². The zero-order valence-electron chi connectivity index (χ0n) is 12.3. The van der Waals surface area contributed by atoms with E-state index < -0.39 is 0 Å². The zero-order chi connectivity index (χ0) is 16.1. The van der Waals surface area contributed by atoms with Crippen molar-refractivity contribution in [2.45, 2.75) is 20.3 Å². The average molecular weight is 322 g/mol. The van der Waals surface area contributed by atoms with Crippen LogP contribution in [0, 0.1) is 6.92 Å². The second kappa shape index (κ2) is 7.09. The highest BCUT2D eigenvalue weighted by Crippen LogP contribution is 2.18. The Morgan fingerprint density at radius 3 is 2.55 bits per heavy atom. The molecule has 1 aromatic heterocycles. The summed E-state index contributed by atoms with van der Waals surface area (Å²) < 4.78 is 4.87. The molecule has 0 atom stereocenters. The highest BCUT2D eigenvalue weighted by molar-refractivity contribution is 6.30. The molecule has 1 aromatic carbocycles. The molecular formula is C15H16ClN3O3. The number of rotatable bonds is 5. The van der Waals surface area contributed by atoms with E-state index in [4.69, 9.17) is 16.1 Å². The molecule has 2 rings (SSSR count). The number of aryl methyl sites for hydroxylation is 1. The number of nitrogens with zero attached hydrogens (tertiary/aromatic N) is 2. The van der Waals surface area contributed by atoms with Crippen LogP contribution >= 0.6 is 11.6 Å². The first-order valence-corrected chi connectivity index (χ1v) is 7.10. The van der Waals surface area contributed by atoms with Gasteiger partial charge >= 0.3 is 0 Å². The SMILES string of the molecule is CC(=O)N(CCC(=O)Nc1cc(C)on1)c1ccc(Cl)cc1. The summed E-state index contributed by atoms with van der Waals surface area (Å²) in [5, 5.41) is 6.89. The van der Waals surface area contributed by atoms with Crippen LogP contribution in [0.15, 0.2) is 34.9 Å². The van der Waals surface area contributed by atoms with Crippen molar-refractivity contribution in [3.05, 3.63) is 41.1 Å². The first kappa shape index (κ1) is 16.0. The van der Waals surface area contributed by atoms with E-state index in [-0.39, 0.29) is 24.8 Å². The Morgan fingerprint density at radius 2 is 2.00 bits per heavy atom. The first-order chi connectivity index (χ1) is 10.5. The molecule has 0 aliphatic heterocycles. The van der Waals surface area contributed by atoms with Crippen LogP contribution < -0.4 is 10.2 Å². The van der Waals surface area contributed by atoms with Crippen LogP contribution in [0.3, 0.4) is 0 Å². The van der Waals surface area contributed by atoms with Gasteiger partial charge in [0.25, 0.3) is 0 Å². The van der Waals surface area contributed by atoms with Crippen molar-refractivity contribution in [3.8, 4) is 0 Å². The summed E-state index contributed by atoms with van der Waals surface area (Å²) >= 11 is 5.83. The fraction of sp³-hybridized carbons (Fsp3) is 0.267. The van der Waals surface area contributed by atoms with Gasteiger partial charge in [0, 0.05) is 36.7 Å². The van der Waals surface area contributed by atoms with E-state index in [1.54, 1.807) is 37.3 Å². The van der Waals surface area contributed by atoms with E-state index in [2.05, 4.69) is 10.5 Å². The number of nitrogens with one attached hydrogen (secondary N) is 1. The van der Waals surface area contributed by atoms with E-state index >= 15 is 0 Å². The Bertz CT molecular complexity index is 667. The fourth-order valence-corrected chi connectivity index (χ4v) is 2.06. The standard InChI is InChI=1S/C15H16ClN3O3/c1-10-9-14(18-22-10)17-15(21)7-8-19(11(2)20)13-5-3-12(16)4-6-13/h3-6,9H,7-8H2,1-2H3,(H,17,18,21). The minimum absolute atomic E-state index is 0.146. The van der Waals surface area contributed by atoms with E-state index in [0.717, 1.165) is 0 Å². The molecule has 0 saturated heterocycles. The average Bonchev–Trinajstić information content (AvgIpc) is 2.86. The maximum Gasteiger partial charge on any atom is 0.227 e. The Labute approximate surface area is 133 Å². The van der Waals surface area contributed by atoms with Gasteiger partial charge in [0.15, 0.2) is 5.82 Å². The molecule has 0 fully saturated rings. The van der Waals surface area contributed by atoms with Crippen LogP contribution in [-0.4, -0.2) is 23.5 Å². The van der Waals surface area contributed by atoms with Gasteiger partial charge in [0.05, 0.1) is 0 Å². The molecule has 0 unspecified atom stereocenters.